The van der Waals surface area contributed by atoms with Gasteiger partial charge in [0, 0.05) is 12.8 Å². The van der Waals surface area contributed by atoms with Gasteiger partial charge in [0.25, 0.3) is 0 Å². The van der Waals surface area contributed by atoms with Crippen molar-refractivity contribution in [1.82, 2.24) is 0 Å². The Labute approximate surface area is 103 Å². The minimum atomic E-state index is -0.520. The van der Waals surface area contributed by atoms with Gasteiger partial charge in [-0.2, -0.15) is 0 Å². The summed E-state index contributed by atoms with van der Waals surface area (Å²) in [7, 11) is 0. The van der Waals surface area contributed by atoms with Crippen molar-refractivity contribution in [2.45, 2.75) is 40.0 Å². The van der Waals surface area contributed by atoms with Crippen LogP contribution in [0.2, 0.25) is 0 Å². The molecule has 0 aromatic carbocycles. The molecular weight excluding hydrogens is 220 g/mol. The lowest BCUT2D eigenvalue weighted by Gasteiger charge is -2.11. The van der Waals surface area contributed by atoms with Gasteiger partial charge in [0.15, 0.2) is 0 Å². The van der Waals surface area contributed by atoms with E-state index in [4.69, 9.17) is 9.47 Å². The Morgan fingerprint density at radius 1 is 1.06 bits per heavy atom. The van der Waals surface area contributed by atoms with Crippen LogP contribution < -0.4 is 0 Å². The Morgan fingerprint density at radius 2 is 1.71 bits per heavy atom. The van der Waals surface area contributed by atoms with Crippen molar-refractivity contribution >= 4 is 11.9 Å². The van der Waals surface area contributed by atoms with Crippen LogP contribution in [-0.4, -0.2) is 25.2 Å². The molecule has 0 bridgehead atoms. The summed E-state index contributed by atoms with van der Waals surface area (Å²) in [6.45, 7) is 6.01. The van der Waals surface area contributed by atoms with Gasteiger partial charge in [-0.25, -0.2) is 0 Å². The van der Waals surface area contributed by atoms with E-state index < -0.39 is 5.92 Å². The molecule has 0 aromatic heterocycles. The molecule has 4 heteroatoms. The molecule has 0 spiro atoms. The summed E-state index contributed by atoms with van der Waals surface area (Å²) in [6.07, 6.45) is 1.10. The number of carbonyl (C=O) groups excluding carboxylic acids is 2. The maximum atomic E-state index is 11.6. The summed E-state index contributed by atoms with van der Waals surface area (Å²) in [4.78, 5) is 22.9. The summed E-state index contributed by atoms with van der Waals surface area (Å²) >= 11 is 0. The average molecular weight is 240 g/mol. The number of hydrogen-bond acceptors (Lipinski definition) is 4. The third kappa shape index (κ3) is 7.40. The largest absolute Gasteiger partial charge is 0.466 e. The molecule has 0 aliphatic carbocycles. The number of rotatable bonds is 6. The number of carbonyl (C=O) groups is 2. The van der Waals surface area contributed by atoms with Crippen molar-refractivity contribution in [2.75, 3.05) is 13.2 Å². The molecule has 0 amide bonds. The highest BCUT2D eigenvalue weighted by Gasteiger charge is 2.22. The smallest absolute Gasteiger partial charge is 0.310 e. The summed E-state index contributed by atoms with van der Waals surface area (Å²) < 4.78 is 9.71. The van der Waals surface area contributed by atoms with Crippen LogP contribution in [0.25, 0.3) is 0 Å². The van der Waals surface area contributed by atoms with E-state index in [-0.39, 0.29) is 18.4 Å². The molecule has 0 rings (SSSR count). The second kappa shape index (κ2) is 9.71. The predicted molar refractivity (Wildman–Crippen MR) is 64.1 cm³/mol. The van der Waals surface area contributed by atoms with Crippen molar-refractivity contribution in [1.29, 1.82) is 0 Å². The quantitative estimate of drug-likeness (QED) is 0.526. The van der Waals surface area contributed by atoms with E-state index in [0.717, 1.165) is 6.42 Å². The Hall–Kier alpha value is -1.50. The topological polar surface area (TPSA) is 52.6 Å². The first-order chi connectivity index (χ1) is 8.15. The van der Waals surface area contributed by atoms with Crippen molar-refractivity contribution < 1.29 is 19.1 Å². The lowest BCUT2D eigenvalue weighted by molar-refractivity contribution is -0.154. The molecule has 17 heavy (non-hydrogen) atoms. The molecular formula is C13H20O4. The SMILES string of the molecule is CCC#CCC(CC(=O)OCC)C(=O)OCC. The third-order valence-electron chi connectivity index (χ3n) is 1.99. The Kier molecular flexibility index (Phi) is 8.85. The van der Waals surface area contributed by atoms with E-state index in [1.54, 1.807) is 13.8 Å². The maximum absolute atomic E-state index is 11.6. The van der Waals surface area contributed by atoms with Gasteiger partial charge < -0.3 is 9.47 Å². The van der Waals surface area contributed by atoms with E-state index in [2.05, 4.69) is 11.8 Å². The number of hydrogen-bond donors (Lipinski definition) is 0. The fraction of sp³-hybridized carbons (Fsp3) is 0.692. The van der Waals surface area contributed by atoms with Crippen LogP contribution >= 0.6 is 0 Å². The second-order valence-corrected chi connectivity index (χ2v) is 3.37. The fourth-order valence-corrected chi connectivity index (χ4v) is 1.24. The third-order valence-corrected chi connectivity index (χ3v) is 1.99. The summed E-state index contributed by atoms with van der Waals surface area (Å²) in [5.41, 5.74) is 0. The molecule has 0 aliphatic rings. The standard InChI is InChI=1S/C13H20O4/c1-4-7-8-9-11(13(15)17-6-3)10-12(14)16-5-2/h11H,4-6,9-10H2,1-3H3. The molecule has 0 aromatic rings. The van der Waals surface area contributed by atoms with Crippen LogP contribution in [0.5, 0.6) is 0 Å². The van der Waals surface area contributed by atoms with Gasteiger partial charge in [-0.15, -0.1) is 11.8 Å². The molecule has 1 unspecified atom stereocenters. The Morgan fingerprint density at radius 3 is 2.24 bits per heavy atom. The first-order valence-corrected chi connectivity index (χ1v) is 5.93. The zero-order chi connectivity index (χ0) is 13.1. The van der Waals surface area contributed by atoms with Crippen LogP contribution in [0.4, 0.5) is 0 Å². The normalized spacial score (nSPS) is 11.0. The Balaban J connectivity index is 4.38. The van der Waals surface area contributed by atoms with Crippen LogP contribution in [0.15, 0.2) is 0 Å². The summed E-state index contributed by atoms with van der Waals surface area (Å²) in [5, 5.41) is 0. The molecule has 0 saturated heterocycles. The van der Waals surface area contributed by atoms with Crippen molar-refractivity contribution in [2.24, 2.45) is 5.92 Å². The molecule has 0 N–H and O–H groups in total. The molecule has 0 heterocycles. The molecule has 0 saturated carbocycles. The molecule has 0 radical (unpaired) electrons. The van der Waals surface area contributed by atoms with Crippen molar-refractivity contribution in [3.05, 3.63) is 0 Å². The minimum absolute atomic E-state index is 0.0328. The highest BCUT2D eigenvalue weighted by Crippen LogP contribution is 2.11. The zero-order valence-electron chi connectivity index (χ0n) is 10.7. The van der Waals surface area contributed by atoms with E-state index in [9.17, 15) is 9.59 Å². The van der Waals surface area contributed by atoms with Gasteiger partial charge in [-0.1, -0.05) is 6.92 Å². The van der Waals surface area contributed by atoms with Gasteiger partial charge in [-0.05, 0) is 13.8 Å². The van der Waals surface area contributed by atoms with Gasteiger partial charge in [-0.3, -0.25) is 9.59 Å². The van der Waals surface area contributed by atoms with Crippen molar-refractivity contribution in [3.63, 3.8) is 0 Å². The number of ether oxygens (including phenoxy) is 2. The van der Waals surface area contributed by atoms with Crippen LogP contribution in [0.3, 0.4) is 0 Å². The number of esters is 2. The average Bonchev–Trinajstić information content (AvgIpc) is 2.28. The Bertz CT molecular complexity index is 298. The second-order valence-electron chi connectivity index (χ2n) is 3.37. The van der Waals surface area contributed by atoms with Crippen LogP contribution in [0, 0.1) is 17.8 Å². The fourth-order valence-electron chi connectivity index (χ4n) is 1.24. The first kappa shape index (κ1) is 15.5. The van der Waals surface area contributed by atoms with Gasteiger partial charge >= 0.3 is 11.9 Å². The minimum Gasteiger partial charge on any atom is -0.466 e. The van der Waals surface area contributed by atoms with Crippen LogP contribution in [-0.2, 0) is 19.1 Å². The molecule has 1 atom stereocenters. The summed E-state index contributed by atoms with van der Waals surface area (Å²) in [6, 6.07) is 0. The highest BCUT2D eigenvalue weighted by molar-refractivity contribution is 5.80. The lowest BCUT2D eigenvalue weighted by Crippen LogP contribution is -2.22. The highest BCUT2D eigenvalue weighted by atomic mass is 16.5. The van der Waals surface area contributed by atoms with Gasteiger partial charge in [0.05, 0.1) is 25.6 Å². The first-order valence-electron chi connectivity index (χ1n) is 5.93. The van der Waals surface area contributed by atoms with E-state index in [1.807, 2.05) is 6.92 Å². The molecule has 0 aliphatic heterocycles. The molecule has 0 fully saturated rings. The molecule has 96 valence electrons. The summed E-state index contributed by atoms with van der Waals surface area (Å²) in [5.74, 6) is 4.45. The predicted octanol–water partition coefficient (Wildman–Crippen LogP) is 1.92. The van der Waals surface area contributed by atoms with Crippen LogP contribution in [0.1, 0.15) is 40.0 Å². The van der Waals surface area contributed by atoms with E-state index in [0.29, 0.717) is 19.6 Å². The maximum Gasteiger partial charge on any atom is 0.310 e. The zero-order valence-corrected chi connectivity index (χ0v) is 10.7. The van der Waals surface area contributed by atoms with E-state index in [1.165, 1.54) is 0 Å². The van der Waals surface area contributed by atoms with Gasteiger partial charge in [0.1, 0.15) is 0 Å². The molecule has 4 nitrogen and oxygen atoms in total. The monoisotopic (exact) mass is 240 g/mol. The van der Waals surface area contributed by atoms with Gasteiger partial charge in [0.2, 0.25) is 0 Å². The van der Waals surface area contributed by atoms with Crippen molar-refractivity contribution in [3.8, 4) is 11.8 Å². The lowest BCUT2D eigenvalue weighted by atomic mass is 10.0. The van der Waals surface area contributed by atoms with E-state index >= 15 is 0 Å².